The van der Waals surface area contributed by atoms with E-state index in [2.05, 4.69) is 49.3 Å². The number of benzene rings is 1. The maximum Gasteiger partial charge on any atom is 0.0397 e. The molecule has 1 aromatic carbocycles. The fourth-order valence-electron chi connectivity index (χ4n) is 2.26. The molecular weight excluding hydrogens is 196 g/mol. The second-order valence-corrected chi connectivity index (χ2v) is 4.82. The molecule has 16 heavy (non-hydrogen) atoms. The highest BCUT2D eigenvalue weighted by Gasteiger charge is 2.13. The quantitative estimate of drug-likeness (QED) is 0.837. The maximum absolute atomic E-state index is 3.54. The zero-order valence-electron chi connectivity index (χ0n) is 10.6. The first kappa shape index (κ1) is 11.3. The largest absolute Gasteiger partial charge is 0.383 e. The van der Waals surface area contributed by atoms with Crippen molar-refractivity contribution in [2.24, 2.45) is 0 Å². The van der Waals surface area contributed by atoms with Gasteiger partial charge in [0.15, 0.2) is 0 Å². The lowest BCUT2D eigenvalue weighted by molar-refractivity contribution is 0.741. The molecule has 0 fully saturated rings. The van der Waals surface area contributed by atoms with Crippen LogP contribution in [0.4, 0.5) is 11.4 Å². The molecule has 2 heteroatoms. The number of hydrogen-bond acceptors (Lipinski definition) is 2. The van der Waals surface area contributed by atoms with Gasteiger partial charge in [0.1, 0.15) is 0 Å². The number of aryl methyl sites for hydroxylation is 1. The van der Waals surface area contributed by atoms with Crippen LogP contribution in [0.25, 0.3) is 0 Å². The highest BCUT2D eigenvalue weighted by molar-refractivity contribution is 5.62. The Morgan fingerprint density at radius 3 is 3.00 bits per heavy atom. The van der Waals surface area contributed by atoms with Crippen LogP contribution in [0.1, 0.15) is 32.3 Å². The topological polar surface area (TPSA) is 15.3 Å². The number of hydrogen-bond donors (Lipinski definition) is 1. The maximum atomic E-state index is 3.54. The fourth-order valence-corrected chi connectivity index (χ4v) is 2.26. The summed E-state index contributed by atoms with van der Waals surface area (Å²) < 4.78 is 0. The molecule has 0 saturated carbocycles. The molecule has 88 valence electrons. The monoisotopic (exact) mass is 218 g/mol. The smallest absolute Gasteiger partial charge is 0.0397 e. The van der Waals surface area contributed by atoms with Crippen molar-refractivity contribution in [3.8, 4) is 0 Å². The molecule has 0 aliphatic carbocycles. The van der Waals surface area contributed by atoms with Gasteiger partial charge in [0.2, 0.25) is 0 Å². The van der Waals surface area contributed by atoms with Crippen LogP contribution in [0.2, 0.25) is 0 Å². The Bertz CT molecular complexity index is 360. The minimum Gasteiger partial charge on any atom is -0.383 e. The van der Waals surface area contributed by atoms with Crippen molar-refractivity contribution in [1.82, 2.24) is 0 Å². The molecule has 2 nitrogen and oxygen atoms in total. The van der Waals surface area contributed by atoms with Crippen LogP contribution in [0, 0.1) is 0 Å². The van der Waals surface area contributed by atoms with Crippen LogP contribution in [-0.2, 0) is 6.42 Å². The molecule has 0 saturated heterocycles. The van der Waals surface area contributed by atoms with Crippen LogP contribution >= 0.6 is 0 Å². The molecule has 0 amide bonds. The molecule has 1 atom stereocenters. The van der Waals surface area contributed by atoms with Crippen LogP contribution in [0.3, 0.4) is 0 Å². The average Bonchev–Trinajstić information content (AvgIpc) is 2.29. The standard InChI is InChI=1S/C14H22N2/c1-4-11(2)15-13-7-8-14-12(10-13)6-5-9-16(14)3/h7-8,10-11,15H,4-6,9H2,1-3H3. The third-order valence-electron chi connectivity index (χ3n) is 3.46. The molecule has 0 radical (unpaired) electrons. The Kier molecular flexibility index (Phi) is 3.37. The van der Waals surface area contributed by atoms with E-state index in [1.165, 1.54) is 36.3 Å². The van der Waals surface area contributed by atoms with E-state index in [9.17, 15) is 0 Å². The highest BCUT2D eigenvalue weighted by Crippen LogP contribution is 2.28. The summed E-state index contributed by atoms with van der Waals surface area (Å²) in [5, 5.41) is 3.54. The normalized spacial score (nSPS) is 16.8. The second kappa shape index (κ2) is 4.77. The lowest BCUT2D eigenvalue weighted by Gasteiger charge is -2.28. The predicted molar refractivity (Wildman–Crippen MR) is 71.4 cm³/mol. The zero-order valence-corrected chi connectivity index (χ0v) is 10.6. The molecule has 1 unspecified atom stereocenters. The molecule has 1 heterocycles. The van der Waals surface area contributed by atoms with Gasteiger partial charge in [0, 0.05) is 31.0 Å². The lowest BCUT2D eigenvalue weighted by atomic mass is 10.0. The molecule has 1 N–H and O–H groups in total. The van der Waals surface area contributed by atoms with Crippen molar-refractivity contribution in [3.63, 3.8) is 0 Å². The van der Waals surface area contributed by atoms with Gasteiger partial charge in [-0.3, -0.25) is 0 Å². The SMILES string of the molecule is CCC(C)Nc1ccc2c(c1)CCCN2C. The molecule has 2 rings (SSSR count). The summed E-state index contributed by atoms with van der Waals surface area (Å²) in [5.74, 6) is 0. The molecule has 0 spiro atoms. The summed E-state index contributed by atoms with van der Waals surface area (Å²) in [5.41, 5.74) is 4.16. The zero-order chi connectivity index (χ0) is 11.5. The van der Waals surface area contributed by atoms with Crippen molar-refractivity contribution < 1.29 is 0 Å². The fraction of sp³-hybridized carbons (Fsp3) is 0.571. The Hall–Kier alpha value is -1.18. The van der Waals surface area contributed by atoms with E-state index in [4.69, 9.17) is 0 Å². The highest BCUT2D eigenvalue weighted by atomic mass is 15.1. The first-order chi connectivity index (χ1) is 7.70. The third kappa shape index (κ3) is 2.31. The van der Waals surface area contributed by atoms with Crippen molar-refractivity contribution in [2.75, 3.05) is 23.8 Å². The minimum atomic E-state index is 0.555. The molecule has 0 aromatic heterocycles. The number of rotatable bonds is 3. The van der Waals surface area contributed by atoms with Crippen LogP contribution in [-0.4, -0.2) is 19.6 Å². The summed E-state index contributed by atoms with van der Waals surface area (Å²) in [7, 11) is 2.18. The number of fused-ring (bicyclic) bond motifs is 1. The van der Waals surface area contributed by atoms with Gasteiger partial charge in [-0.25, -0.2) is 0 Å². The third-order valence-corrected chi connectivity index (χ3v) is 3.46. The van der Waals surface area contributed by atoms with Gasteiger partial charge >= 0.3 is 0 Å². The van der Waals surface area contributed by atoms with Gasteiger partial charge in [-0.15, -0.1) is 0 Å². The van der Waals surface area contributed by atoms with E-state index in [0.29, 0.717) is 6.04 Å². The van der Waals surface area contributed by atoms with Crippen molar-refractivity contribution in [3.05, 3.63) is 23.8 Å². The van der Waals surface area contributed by atoms with E-state index in [1.54, 1.807) is 0 Å². The van der Waals surface area contributed by atoms with E-state index in [1.807, 2.05) is 0 Å². The van der Waals surface area contributed by atoms with Gasteiger partial charge in [0.25, 0.3) is 0 Å². The number of anilines is 2. The van der Waals surface area contributed by atoms with Gasteiger partial charge in [-0.05, 0) is 49.9 Å². The van der Waals surface area contributed by atoms with Gasteiger partial charge in [0.05, 0.1) is 0 Å². The Labute approximate surface area is 98.7 Å². The Morgan fingerprint density at radius 1 is 1.44 bits per heavy atom. The number of nitrogens with zero attached hydrogens (tertiary/aromatic N) is 1. The second-order valence-electron chi connectivity index (χ2n) is 4.82. The Balaban J connectivity index is 2.18. The molecule has 0 bridgehead atoms. The summed E-state index contributed by atoms with van der Waals surface area (Å²) in [4.78, 5) is 2.35. The van der Waals surface area contributed by atoms with Crippen molar-refractivity contribution >= 4 is 11.4 Å². The van der Waals surface area contributed by atoms with Crippen LogP contribution < -0.4 is 10.2 Å². The minimum absolute atomic E-state index is 0.555. The summed E-state index contributed by atoms with van der Waals surface area (Å²) in [6, 6.07) is 7.32. The number of nitrogens with one attached hydrogen (secondary N) is 1. The molecule has 1 aliphatic rings. The summed E-state index contributed by atoms with van der Waals surface area (Å²) >= 11 is 0. The van der Waals surface area contributed by atoms with Crippen molar-refractivity contribution in [1.29, 1.82) is 0 Å². The molecule has 1 aliphatic heterocycles. The lowest BCUT2D eigenvalue weighted by Crippen LogP contribution is -2.24. The summed E-state index contributed by atoms with van der Waals surface area (Å²) in [6.07, 6.45) is 3.66. The summed E-state index contributed by atoms with van der Waals surface area (Å²) in [6.45, 7) is 5.63. The van der Waals surface area contributed by atoms with E-state index >= 15 is 0 Å². The van der Waals surface area contributed by atoms with Gasteiger partial charge < -0.3 is 10.2 Å². The van der Waals surface area contributed by atoms with Crippen molar-refractivity contribution in [2.45, 2.75) is 39.2 Å². The average molecular weight is 218 g/mol. The first-order valence-electron chi connectivity index (χ1n) is 6.31. The first-order valence-corrected chi connectivity index (χ1v) is 6.31. The molecular formula is C14H22N2. The van der Waals surface area contributed by atoms with Gasteiger partial charge in [-0.1, -0.05) is 6.92 Å². The van der Waals surface area contributed by atoms with Gasteiger partial charge in [-0.2, -0.15) is 0 Å². The molecule has 1 aromatic rings. The van der Waals surface area contributed by atoms with E-state index in [-0.39, 0.29) is 0 Å². The van der Waals surface area contributed by atoms with Crippen LogP contribution in [0.5, 0.6) is 0 Å². The Morgan fingerprint density at radius 2 is 2.25 bits per heavy atom. The van der Waals surface area contributed by atoms with E-state index < -0.39 is 0 Å². The van der Waals surface area contributed by atoms with Crippen LogP contribution in [0.15, 0.2) is 18.2 Å². The van der Waals surface area contributed by atoms with E-state index in [0.717, 1.165) is 6.42 Å². The predicted octanol–water partition coefficient (Wildman–Crippen LogP) is 3.28.